The van der Waals surface area contributed by atoms with E-state index in [0.717, 1.165) is 5.56 Å². The highest BCUT2D eigenvalue weighted by Crippen LogP contribution is 2.24. The normalized spacial score (nSPS) is 11.5. The Morgan fingerprint density at radius 1 is 1.12 bits per heavy atom. The van der Waals surface area contributed by atoms with Gasteiger partial charge in [0.2, 0.25) is 0 Å². The Bertz CT molecular complexity index is 1370. The molecule has 1 amide bonds. The van der Waals surface area contributed by atoms with Gasteiger partial charge in [0.15, 0.2) is 0 Å². The van der Waals surface area contributed by atoms with Crippen LogP contribution >= 0.6 is 11.6 Å². The molecule has 0 spiro atoms. The molecule has 1 N–H and O–H groups in total. The molecule has 2 aromatic carbocycles. The zero-order valence-electron chi connectivity index (χ0n) is 18.2. The number of ether oxygens (including phenoxy) is 1. The van der Waals surface area contributed by atoms with Gasteiger partial charge in [-0.3, -0.25) is 14.2 Å². The molecule has 0 atom stereocenters. The van der Waals surface area contributed by atoms with Gasteiger partial charge in [-0.2, -0.15) is 5.10 Å². The molecule has 0 bridgehead atoms. The summed E-state index contributed by atoms with van der Waals surface area (Å²) in [6.45, 7) is 5.60. The van der Waals surface area contributed by atoms with Crippen molar-refractivity contribution in [1.82, 2.24) is 19.5 Å². The molecule has 0 saturated heterocycles. The maximum absolute atomic E-state index is 13.5. The van der Waals surface area contributed by atoms with Crippen molar-refractivity contribution in [3.8, 4) is 11.4 Å². The van der Waals surface area contributed by atoms with Crippen molar-refractivity contribution in [2.75, 3.05) is 7.11 Å². The molecule has 164 valence electrons. The zero-order chi connectivity index (χ0) is 23.0. The Balaban J connectivity index is 1.80. The lowest BCUT2D eigenvalue weighted by molar-refractivity contribution is 0.0913. The topological polar surface area (TPSA) is 77.6 Å². The van der Waals surface area contributed by atoms with Crippen LogP contribution < -0.4 is 15.6 Å². The number of aryl methyl sites for hydroxylation is 1. The summed E-state index contributed by atoms with van der Waals surface area (Å²) in [7, 11) is 1.55. The molecule has 0 fully saturated rings. The largest absolute Gasteiger partial charge is 0.495 e. The number of aromatic nitrogens is 3. The van der Waals surface area contributed by atoms with Crippen molar-refractivity contribution >= 4 is 23.0 Å². The lowest BCUT2D eigenvalue weighted by Crippen LogP contribution is -2.41. The highest BCUT2D eigenvalue weighted by atomic mass is 35.5. The van der Waals surface area contributed by atoms with E-state index in [1.54, 1.807) is 37.6 Å². The number of carbonyl (C=O) groups is 1. The van der Waals surface area contributed by atoms with Gasteiger partial charge in [0.05, 0.1) is 35.8 Å². The summed E-state index contributed by atoms with van der Waals surface area (Å²) < 4.78 is 8.38. The maximum Gasteiger partial charge on any atom is 0.282 e. The molecule has 2 aromatic heterocycles. The van der Waals surface area contributed by atoms with E-state index in [0.29, 0.717) is 22.2 Å². The fraction of sp³-hybridized carbons (Fsp3) is 0.208. The Labute approximate surface area is 190 Å². The van der Waals surface area contributed by atoms with Crippen molar-refractivity contribution in [3.05, 3.63) is 93.1 Å². The summed E-state index contributed by atoms with van der Waals surface area (Å²) in [5.74, 6) is 0.155. The van der Waals surface area contributed by atoms with Gasteiger partial charge in [-0.05, 0) is 50.6 Å². The second kappa shape index (κ2) is 8.16. The number of para-hydroxylation sites is 2. The number of methoxy groups -OCH3 is 1. The van der Waals surface area contributed by atoms with Gasteiger partial charge in [0.1, 0.15) is 11.3 Å². The number of benzene rings is 2. The van der Waals surface area contributed by atoms with Crippen LogP contribution in [0.3, 0.4) is 0 Å². The van der Waals surface area contributed by atoms with Crippen LogP contribution in [0.4, 0.5) is 0 Å². The van der Waals surface area contributed by atoms with Crippen LogP contribution in [-0.4, -0.2) is 27.2 Å². The van der Waals surface area contributed by atoms with Crippen LogP contribution in [0, 0.1) is 6.92 Å². The maximum atomic E-state index is 13.5. The van der Waals surface area contributed by atoms with Crippen LogP contribution in [0.25, 0.3) is 11.2 Å². The second-order valence-corrected chi connectivity index (χ2v) is 8.46. The van der Waals surface area contributed by atoms with E-state index in [4.69, 9.17) is 16.3 Å². The Morgan fingerprint density at radius 2 is 1.81 bits per heavy atom. The van der Waals surface area contributed by atoms with Crippen LogP contribution in [-0.2, 0) is 5.54 Å². The number of carbonyl (C=O) groups excluding carboxylic acids is 1. The Hall–Kier alpha value is -3.58. The molecule has 0 radical (unpaired) electrons. The van der Waals surface area contributed by atoms with Gasteiger partial charge < -0.3 is 10.1 Å². The number of nitrogens with zero attached hydrogens (tertiary/aromatic N) is 3. The quantitative estimate of drug-likeness (QED) is 0.496. The summed E-state index contributed by atoms with van der Waals surface area (Å²) in [5, 5.41) is 7.91. The first kappa shape index (κ1) is 21.6. The minimum Gasteiger partial charge on any atom is -0.495 e. The minimum atomic E-state index is -0.693. The monoisotopic (exact) mass is 450 g/mol. The Morgan fingerprint density at radius 3 is 2.50 bits per heavy atom. The van der Waals surface area contributed by atoms with Gasteiger partial charge in [-0.15, -0.1) is 0 Å². The van der Waals surface area contributed by atoms with E-state index in [1.165, 1.54) is 15.3 Å². The fourth-order valence-corrected chi connectivity index (χ4v) is 3.83. The average Bonchev–Trinajstić information content (AvgIpc) is 3.23. The van der Waals surface area contributed by atoms with Crippen LogP contribution in [0.2, 0.25) is 5.02 Å². The van der Waals surface area contributed by atoms with Crippen LogP contribution in [0.15, 0.2) is 65.7 Å². The number of hydrogen-bond donors (Lipinski definition) is 1. The number of halogens is 1. The summed E-state index contributed by atoms with van der Waals surface area (Å²) >= 11 is 5.99. The van der Waals surface area contributed by atoms with Gasteiger partial charge in [0.25, 0.3) is 11.5 Å². The summed E-state index contributed by atoms with van der Waals surface area (Å²) in [6.07, 6.45) is 3.10. The van der Waals surface area contributed by atoms with E-state index in [-0.39, 0.29) is 16.6 Å². The molecular weight excluding hydrogens is 428 g/mol. The first-order valence-electron chi connectivity index (χ1n) is 10.0. The highest BCUT2D eigenvalue weighted by Gasteiger charge is 2.27. The highest BCUT2D eigenvalue weighted by molar-refractivity contribution is 6.30. The standard InChI is InChI=1S/C24H23ClN4O3/c1-15-14-28(19-7-5-6-8-20(19)32-4)23(31)21-18(13-26-29(15)21)22(30)27-24(2,3)16-9-11-17(25)12-10-16/h5-14H,1-4H3,(H,27,30). The van der Waals surface area contributed by atoms with E-state index in [9.17, 15) is 9.59 Å². The third-order valence-corrected chi connectivity index (χ3v) is 5.67. The van der Waals surface area contributed by atoms with E-state index >= 15 is 0 Å². The van der Waals surface area contributed by atoms with Crippen LogP contribution in [0.5, 0.6) is 5.75 Å². The molecule has 0 aliphatic carbocycles. The van der Waals surface area contributed by atoms with Gasteiger partial charge in [-0.25, -0.2) is 4.52 Å². The van der Waals surface area contributed by atoms with E-state index in [1.807, 2.05) is 45.0 Å². The van der Waals surface area contributed by atoms with E-state index in [2.05, 4.69) is 10.4 Å². The SMILES string of the molecule is COc1ccccc1-n1cc(C)n2ncc(C(=O)NC(C)(C)c3ccc(Cl)cc3)c2c1=O. The van der Waals surface area contributed by atoms with Gasteiger partial charge in [-0.1, -0.05) is 35.9 Å². The molecule has 0 unspecified atom stereocenters. The van der Waals surface area contributed by atoms with Crippen molar-refractivity contribution in [1.29, 1.82) is 0 Å². The predicted octanol–water partition coefficient (Wildman–Crippen LogP) is 4.12. The first-order chi connectivity index (χ1) is 15.2. The number of hydrogen-bond acceptors (Lipinski definition) is 4. The molecule has 0 aliphatic heterocycles. The van der Waals surface area contributed by atoms with E-state index < -0.39 is 11.4 Å². The van der Waals surface area contributed by atoms with Gasteiger partial charge >= 0.3 is 0 Å². The van der Waals surface area contributed by atoms with Gasteiger partial charge in [0, 0.05) is 11.2 Å². The summed E-state index contributed by atoms with van der Waals surface area (Å²) in [4.78, 5) is 26.7. The van der Waals surface area contributed by atoms with Crippen molar-refractivity contribution in [2.45, 2.75) is 26.3 Å². The summed E-state index contributed by atoms with van der Waals surface area (Å²) in [5.41, 5.74) is 1.49. The number of nitrogens with one attached hydrogen (secondary N) is 1. The fourth-order valence-electron chi connectivity index (χ4n) is 3.70. The van der Waals surface area contributed by atoms with Crippen LogP contribution in [0.1, 0.15) is 35.5 Å². The smallest absolute Gasteiger partial charge is 0.282 e. The number of amides is 1. The zero-order valence-corrected chi connectivity index (χ0v) is 19.0. The number of rotatable bonds is 5. The average molecular weight is 451 g/mol. The molecule has 7 nitrogen and oxygen atoms in total. The molecule has 4 aromatic rings. The molecule has 2 heterocycles. The lowest BCUT2D eigenvalue weighted by Gasteiger charge is -2.26. The van der Waals surface area contributed by atoms with Crippen molar-refractivity contribution < 1.29 is 9.53 Å². The Kier molecular flexibility index (Phi) is 5.52. The molecule has 32 heavy (non-hydrogen) atoms. The predicted molar refractivity (Wildman–Crippen MR) is 124 cm³/mol. The molecular formula is C24H23ClN4O3. The molecule has 0 saturated carbocycles. The third-order valence-electron chi connectivity index (χ3n) is 5.42. The lowest BCUT2D eigenvalue weighted by atomic mass is 9.94. The van der Waals surface area contributed by atoms with Crippen molar-refractivity contribution in [2.24, 2.45) is 0 Å². The molecule has 8 heteroatoms. The van der Waals surface area contributed by atoms with Crippen molar-refractivity contribution in [3.63, 3.8) is 0 Å². The summed E-state index contributed by atoms with van der Waals surface area (Å²) in [6, 6.07) is 14.5. The second-order valence-electron chi connectivity index (χ2n) is 8.02. The first-order valence-corrected chi connectivity index (χ1v) is 10.4. The minimum absolute atomic E-state index is 0.195. The molecule has 4 rings (SSSR count). The number of fused-ring (bicyclic) bond motifs is 1. The molecule has 0 aliphatic rings. The third kappa shape index (κ3) is 3.76.